The zero-order valence-corrected chi connectivity index (χ0v) is 23.2. The number of sulfonamides is 1. The quantitative estimate of drug-likeness (QED) is 0.206. The highest BCUT2D eigenvalue weighted by Crippen LogP contribution is 2.32. The number of ether oxygens (including phenoxy) is 2. The van der Waals surface area contributed by atoms with Gasteiger partial charge in [-0.1, -0.05) is 54.6 Å². The lowest BCUT2D eigenvalue weighted by molar-refractivity contribution is 0.298. The molecule has 0 aliphatic heterocycles. The van der Waals surface area contributed by atoms with Gasteiger partial charge in [-0.3, -0.25) is 4.72 Å². The lowest BCUT2D eigenvalue weighted by Gasteiger charge is -2.28. The van der Waals surface area contributed by atoms with E-state index in [-0.39, 0.29) is 0 Å². The normalized spacial score (nSPS) is 13.1. The first-order chi connectivity index (χ1) is 18.8. The van der Waals surface area contributed by atoms with Crippen LogP contribution in [-0.4, -0.2) is 21.3 Å². The average Bonchev–Trinajstić information content (AvgIpc) is 3.74. The van der Waals surface area contributed by atoms with Crippen LogP contribution in [0.15, 0.2) is 97.1 Å². The highest BCUT2D eigenvalue weighted by molar-refractivity contribution is 7.92. The Morgan fingerprint density at radius 2 is 1.46 bits per heavy atom. The minimum atomic E-state index is -3.39. The Balaban J connectivity index is 1.33. The molecule has 202 valence electrons. The van der Waals surface area contributed by atoms with Crippen molar-refractivity contribution in [2.45, 2.75) is 32.9 Å². The zero-order valence-electron chi connectivity index (χ0n) is 22.3. The largest absolute Gasteiger partial charge is 0.493 e. The Morgan fingerprint density at radius 3 is 2.15 bits per heavy atom. The van der Waals surface area contributed by atoms with Crippen molar-refractivity contribution in [1.29, 1.82) is 0 Å². The summed E-state index contributed by atoms with van der Waals surface area (Å²) in [5, 5.41) is 0. The second kappa shape index (κ2) is 11.8. The predicted octanol–water partition coefficient (Wildman–Crippen LogP) is 7.15. The summed E-state index contributed by atoms with van der Waals surface area (Å²) < 4.78 is 38.5. The van der Waals surface area contributed by atoms with Gasteiger partial charge in [-0.05, 0) is 78.8 Å². The number of nitrogens with one attached hydrogen (secondary N) is 1. The van der Waals surface area contributed by atoms with E-state index in [0.717, 1.165) is 40.7 Å². The smallest absolute Gasteiger partial charge is 0.229 e. The van der Waals surface area contributed by atoms with Gasteiger partial charge in [0.1, 0.15) is 17.2 Å². The van der Waals surface area contributed by atoms with Gasteiger partial charge in [-0.15, -0.1) is 0 Å². The fourth-order valence-corrected chi connectivity index (χ4v) is 5.07. The molecule has 0 saturated heterocycles. The molecule has 1 saturated carbocycles. The molecule has 0 heterocycles. The molecule has 0 amide bonds. The van der Waals surface area contributed by atoms with Gasteiger partial charge in [0.25, 0.3) is 0 Å². The van der Waals surface area contributed by atoms with Crippen LogP contribution < -0.4 is 19.1 Å². The van der Waals surface area contributed by atoms with E-state index in [1.54, 1.807) is 6.07 Å². The van der Waals surface area contributed by atoms with E-state index in [0.29, 0.717) is 24.7 Å². The van der Waals surface area contributed by atoms with Crippen LogP contribution in [0.2, 0.25) is 0 Å². The third-order valence-corrected chi connectivity index (χ3v) is 7.27. The van der Waals surface area contributed by atoms with Gasteiger partial charge in [-0.2, -0.15) is 0 Å². The summed E-state index contributed by atoms with van der Waals surface area (Å²) in [4.78, 5) is 2.26. The summed E-state index contributed by atoms with van der Waals surface area (Å²) in [6, 6.07) is 31.8. The summed E-state index contributed by atoms with van der Waals surface area (Å²) in [6.45, 7) is 4.03. The predicted molar refractivity (Wildman–Crippen MR) is 157 cm³/mol. The molecule has 1 N–H and O–H groups in total. The Labute approximate surface area is 231 Å². The Kier molecular flexibility index (Phi) is 8.07. The first kappa shape index (κ1) is 26.6. The van der Waals surface area contributed by atoms with Crippen LogP contribution in [0.3, 0.4) is 0 Å². The molecule has 0 radical (unpaired) electrons. The molecule has 0 bridgehead atoms. The molecule has 0 aromatic heterocycles. The summed E-state index contributed by atoms with van der Waals surface area (Å²) >= 11 is 0. The van der Waals surface area contributed by atoms with Crippen molar-refractivity contribution < 1.29 is 17.9 Å². The first-order valence-electron chi connectivity index (χ1n) is 13.2. The minimum Gasteiger partial charge on any atom is -0.493 e. The highest BCUT2D eigenvalue weighted by Gasteiger charge is 2.22. The summed E-state index contributed by atoms with van der Waals surface area (Å²) in [7, 11) is -3.39. The van der Waals surface area contributed by atoms with Crippen molar-refractivity contribution in [3.05, 3.63) is 114 Å². The van der Waals surface area contributed by atoms with Crippen molar-refractivity contribution >= 4 is 21.4 Å². The van der Waals surface area contributed by atoms with Crippen molar-refractivity contribution in [3.63, 3.8) is 0 Å². The van der Waals surface area contributed by atoms with Gasteiger partial charge in [-0.25, -0.2) is 8.42 Å². The van der Waals surface area contributed by atoms with Crippen molar-refractivity contribution in [2.24, 2.45) is 5.92 Å². The molecule has 1 fully saturated rings. The molecule has 7 heteroatoms. The molecule has 1 aliphatic rings. The van der Waals surface area contributed by atoms with E-state index in [1.807, 2.05) is 73.7 Å². The van der Waals surface area contributed by atoms with E-state index in [1.165, 1.54) is 24.7 Å². The van der Waals surface area contributed by atoms with Crippen LogP contribution in [0.25, 0.3) is 0 Å². The second-order valence-corrected chi connectivity index (χ2v) is 11.9. The van der Waals surface area contributed by atoms with Crippen LogP contribution in [0.1, 0.15) is 29.5 Å². The molecule has 0 unspecified atom stereocenters. The number of benzene rings is 4. The molecule has 4 aromatic rings. The molecule has 4 aromatic carbocycles. The van der Waals surface area contributed by atoms with E-state index >= 15 is 0 Å². The fraction of sp³-hybridized carbons (Fsp3) is 0.250. The summed E-state index contributed by atoms with van der Waals surface area (Å²) in [5.41, 5.74) is 4.71. The molecule has 0 atom stereocenters. The van der Waals surface area contributed by atoms with Crippen LogP contribution in [0, 0.1) is 12.8 Å². The number of hydrogen-bond acceptors (Lipinski definition) is 5. The maximum absolute atomic E-state index is 11.9. The maximum Gasteiger partial charge on any atom is 0.229 e. The van der Waals surface area contributed by atoms with E-state index in [2.05, 4.69) is 33.9 Å². The third-order valence-electron chi connectivity index (χ3n) is 6.68. The molecular formula is C32H34N2O4S. The molecule has 39 heavy (non-hydrogen) atoms. The monoisotopic (exact) mass is 542 g/mol. The van der Waals surface area contributed by atoms with Gasteiger partial charge >= 0.3 is 0 Å². The van der Waals surface area contributed by atoms with Gasteiger partial charge in [0.2, 0.25) is 10.0 Å². The van der Waals surface area contributed by atoms with Crippen LogP contribution >= 0.6 is 0 Å². The first-order valence-corrected chi connectivity index (χ1v) is 15.1. The Morgan fingerprint density at radius 1 is 0.795 bits per heavy atom. The van der Waals surface area contributed by atoms with E-state index in [4.69, 9.17) is 9.47 Å². The zero-order chi connectivity index (χ0) is 27.2. The number of nitrogens with zero attached hydrogens (tertiary/aromatic N) is 1. The molecule has 0 spiro atoms. The average molecular weight is 543 g/mol. The molecule has 5 rings (SSSR count). The van der Waals surface area contributed by atoms with Crippen molar-refractivity contribution in [3.8, 4) is 17.2 Å². The SMILES string of the molecule is Cc1c(NS(C)(=O)=O)cccc1N(Cc1ccccc1)Cc1ccc(Oc2cccc(OCC3CC3)c2)cc1. The Hall–Kier alpha value is -3.97. The number of rotatable bonds is 12. The minimum absolute atomic E-state index is 0.583. The fourth-order valence-electron chi connectivity index (χ4n) is 4.45. The van der Waals surface area contributed by atoms with Crippen LogP contribution in [-0.2, 0) is 23.1 Å². The topological polar surface area (TPSA) is 67.9 Å². The van der Waals surface area contributed by atoms with E-state index < -0.39 is 10.0 Å². The second-order valence-electron chi connectivity index (χ2n) is 10.1. The van der Waals surface area contributed by atoms with Gasteiger partial charge in [0.15, 0.2) is 0 Å². The van der Waals surface area contributed by atoms with Crippen molar-refractivity contribution in [1.82, 2.24) is 0 Å². The lowest BCUT2D eigenvalue weighted by atomic mass is 10.1. The molecule has 1 aliphatic carbocycles. The maximum atomic E-state index is 11.9. The van der Waals surface area contributed by atoms with E-state index in [9.17, 15) is 8.42 Å². The lowest BCUT2D eigenvalue weighted by Crippen LogP contribution is -2.23. The van der Waals surface area contributed by atoms with Gasteiger partial charge in [0, 0.05) is 24.8 Å². The third kappa shape index (κ3) is 7.77. The van der Waals surface area contributed by atoms with Gasteiger partial charge in [0.05, 0.1) is 18.6 Å². The highest BCUT2D eigenvalue weighted by atomic mass is 32.2. The molecule has 6 nitrogen and oxygen atoms in total. The summed E-state index contributed by atoms with van der Waals surface area (Å²) in [5.74, 6) is 3.03. The van der Waals surface area contributed by atoms with Crippen LogP contribution in [0.4, 0.5) is 11.4 Å². The molecular weight excluding hydrogens is 508 g/mol. The standard InChI is InChI=1S/C32H34N2O4S/c1-24-31(33-39(2,35)36)12-7-13-32(24)34(21-25-8-4-3-5-9-25)22-26-16-18-28(19-17-26)38-30-11-6-10-29(20-30)37-23-27-14-15-27/h3-13,16-20,27,33H,14-15,21-23H2,1-2H3. The van der Waals surface area contributed by atoms with Crippen LogP contribution in [0.5, 0.6) is 17.2 Å². The summed E-state index contributed by atoms with van der Waals surface area (Å²) in [6.07, 6.45) is 3.68. The number of anilines is 2. The van der Waals surface area contributed by atoms with Crippen molar-refractivity contribution in [2.75, 3.05) is 22.5 Å². The Bertz CT molecular complexity index is 1500. The van der Waals surface area contributed by atoms with Gasteiger partial charge < -0.3 is 14.4 Å². The number of hydrogen-bond donors (Lipinski definition) is 1.